The van der Waals surface area contributed by atoms with Gasteiger partial charge in [-0.2, -0.15) is 0 Å². The summed E-state index contributed by atoms with van der Waals surface area (Å²) in [5.74, 6) is -0.866. The lowest BCUT2D eigenvalue weighted by atomic mass is 9.99. The first-order valence-electron chi connectivity index (χ1n) is 10.6. The predicted molar refractivity (Wildman–Crippen MR) is 131 cm³/mol. The molecule has 0 radical (unpaired) electrons. The Morgan fingerprint density at radius 2 is 1.71 bits per heavy atom. The first kappa shape index (κ1) is 22.3. The summed E-state index contributed by atoms with van der Waals surface area (Å²) in [6.07, 6.45) is 1.48. The molecule has 2 heterocycles. The van der Waals surface area contributed by atoms with Crippen LogP contribution in [0.2, 0.25) is 5.02 Å². The van der Waals surface area contributed by atoms with Crippen LogP contribution >= 0.6 is 11.6 Å². The molecule has 3 aromatic carbocycles. The number of benzene rings is 3. The number of carbonyl (C=O) groups excluding carboxylic acids is 1. The molecule has 0 atom stereocenters. The van der Waals surface area contributed by atoms with Crippen LogP contribution in [0.4, 0.5) is 0 Å². The molecule has 5 rings (SSSR count). The Kier molecular flexibility index (Phi) is 5.76. The van der Waals surface area contributed by atoms with Crippen molar-refractivity contribution in [3.63, 3.8) is 0 Å². The summed E-state index contributed by atoms with van der Waals surface area (Å²) in [5.41, 5.74) is 3.11. The van der Waals surface area contributed by atoms with Crippen LogP contribution in [0.25, 0.3) is 28.2 Å². The number of halogens is 1. The van der Waals surface area contributed by atoms with E-state index in [4.69, 9.17) is 20.9 Å². The highest BCUT2D eigenvalue weighted by Crippen LogP contribution is 2.44. The normalized spacial score (nSPS) is 10.9. The molecule has 0 unspecified atom stereocenters. The maximum Gasteiger partial charge on any atom is 0.240 e. The SMILES string of the molecule is COc1ccc(C(=O)c2c(O)c(O)n(-c3ccc(-c4ccon4)cc3)c2-c2cccc(Cl)c2)cc1. The Bertz CT molecular complexity index is 1500. The molecule has 0 bridgehead atoms. The zero-order chi connectivity index (χ0) is 24.5. The van der Waals surface area contributed by atoms with Crippen molar-refractivity contribution in [3.05, 3.63) is 101 Å². The zero-order valence-corrected chi connectivity index (χ0v) is 19.2. The Morgan fingerprint density at radius 1 is 0.971 bits per heavy atom. The summed E-state index contributed by atoms with van der Waals surface area (Å²) < 4.78 is 11.5. The Morgan fingerprint density at radius 3 is 2.34 bits per heavy atom. The van der Waals surface area contributed by atoms with Crippen molar-refractivity contribution >= 4 is 17.4 Å². The number of hydrogen-bond acceptors (Lipinski definition) is 6. The second-order valence-electron chi connectivity index (χ2n) is 7.73. The van der Waals surface area contributed by atoms with Crippen molar-refractivity contribution in [2.24, 2.45) is 0 Å². The van der Waals surface area contributed by atoms with Gasteiger partial charge in [-0.25, -0.2) is 0 Å². The third-order valence-corrected chi connectivity index (χ3v) is 5.89. The van der Waals surface area contributed by atoms with Gasteiger partial charge in [0, 0.05) is 33.5 Å². The van der Waals surface area contributed by atoms with E-state index in [1.807, 2.05) is 0 Å². The average Bonchev–Trinajstić information content (AvgIpc) is 3.51. The van der Waals surface area contributed by atoms with Gasteiger partial charge < -0.3 is 19.5 Å². The molecular weight excluding hydrogens is 468 g/mol. The number of nitrogens with zero attached hydrogens (tertiary/aromatic N) is 2. The summed E-state index contributed by atoms with van der Waals surface area (Å²) in [6, 6.07) is 22.2. The Balaban J connectivity index is 1.71. The predicted octanol–water partition coefficient (Wildman–Crippen LogP) is 6.10. The molecule has 0 saturated heterocycles. The van der Waals surface area contributed by atoms with E-state index in [-0.39, 0.29) is 5.56 Å². The number of methoxy groups -OCH3 is 1. The second kappa shape index (κ2) is 9.04. The van der Waals surface area contributed by atoms with Crippen molar-refractivity contribution in [2.75, 3.05) is 7.11 Å². The topological polar surface area (TPSA) is 97.7 Å². The van der Waals surface area contributed by atoms with E-state index in [0.717, 1.165) is 5.56 Å². The largest absolute Gasteiger partial charge is 0.503 e. The number of aromatic nitrogens is 2. The Hall–Kier alpha value is -4.49. The second-order valence-corrected chi connectivity index (χ2v) is 8.17. The van der Waals surface area contributed by atoms with Crippen molar-refractivity contribution in [1.82, 2.24) is 9.72 Å². The van der Waals surface area contributed by atoms with Gasteiger partial charge in [-0.05, 0) is 48.5 Å². The standard InChI is InChI=1S/C27H19ClN2O5/c1-34-21-11-7-17(8-12-21)25(31)23-24(18-3-2-4-19(28)15-18)30(27(33)26(23)32)20-9-5-16(6-10-20)22-13-14-35-29-22/h2-15,32-33H,1H3. The van der Waals surface area contributed by atoms with Gasteiger partial charge >= 0.3 is 0 Å². The van der Waals surface area contributed by atoms with E-state index >= 15 is 0 Å². The summed E-state index contributed by atoms with van der Waals surface area (Å²) in [4.78, 5) is 13.6. The summed E-state index contributed by atoms with van der Waals surface area (Å²) in [6.45, 7) is 0. The number of carbonyl (C=O) groups is 1. The van der Waals surface area contributed by atoms with Gasteiger partial charge in [0.05, 0.1) is 18.4 Å². The van der Waals surface area contributed by atoms with Crippen LogP contribution < -0.4 is 4.74 Å². The lowest BCUT2D eigenvalue weighted by Crippen LogP contribution is -2.05. The van der Waals surface area contributed by atoms with Crippen molar-refractivity contribution in [3.8, 4) is 45.6 Å². The summed E-state index contributed by atoms with van der Waals surface area (Å²) in [7, 11) is 1.53. The lowest BCUT2D eigenvalue weighted by Gasteiger charge is -2.13. The van der Waals surface area contributed by atoms with Crippen LogP contribution in [-0.4, -0.2) is 32.8 Å². The van der Waals surface area contributed by atoms with E-state index in [9.17, 15) is 15.0 Å². The molecule has 0 spiro atoms. The molecule has 0 saturated carbocycles. The van der Waals surface area contributed by atoms with Crippen LogP contribution in [0, 0.1) is 0 Å². The van der Waals surface area contributed by atoms with Crippen molar-refractivity contribution in [2.45, 2.75) is 0 Å². The van der Waals surface area contributed by atoms with Gasteiger partial charge in [0.2, 0.25) is 5.88 Å². The van der Waals surface area contributed by atoms with E-state index in [2.05, 4.69) is 5.16 Å². The highest BCUT2D eigenvalue weighted by atomic mass is 35.5. The minimum atomic E-state index is -0.527. The van der Waals surface area contributed by atoms with Crippen LogP contribution in [-0.2, 0) is 0 Å². The summed E-state index contributed by atoms with van der Waals surface area (Å²) >= 11 is 6.25. The van der Waals surface area contributed by atoms with Crippen LogP contribution in [0.5, 0.6) is 17.4 Å². The smallest absolute Gasteiger partial charge is 0.240 e. The number of ketones is 1. The van der Waals surface area contributed by atoms with Gasteiger partial charge in [0.25, 0.3) is 0 Å². The highest BCUT2D eigenvalue weighted by Gasteiger charge is 2.30. The van der Waals surface area contributed by atoms with Gasteiger partial charge in [-0.15, -0.1) is 0 Å². The molecule has 0 aliphatic heterocycles. The molecule has 0 fully saturated rings. The first-order valence-corrected chi connectivity index (χ1v) is 11.0. The molecule has 2 aromatic heterocycles. The maximum absolute atomic E-state index is 13.6. The molecule has 2 N–H and O–H groups in total. The fourth-order valence-electron chi connectivity index (χ4n) is 3.95. The number of aromatic hydroxyl groups is 2. The Labute approximate surface area is 205 Å². The van der Waals surface area contributed by atoms with E-state index < -0.39 is 17.4 Å². The van der Waals surface area contributed by atoms with Crippen LogP contribution in [0.15, 0.2) is 89.6 Å². The van der Waals surface area contributed by atoms with Gasteiger partial charge in [0.15, 0.2) is 11.5 Å². The zero-order valence-electron chi connectivity index (χ0n) is 18.5. The monoisotopic (exact) mass is 486 g/mol. The molecule has 35 heavy (non-hydrogen) atoms. The van der Waals surface area contributed by atoms with Gasteiger partial charge in [-0.3, -0.25) is 9.36 Å². The quantitative estimate of drug-likeness (QED) is 0.281. The van der Waals surface area contributed by atoms with E-state index in [0.29, 0.717) is 39.0 Å². The van der Waals surface area contributed by atoms with Crippen molar-refractivity contribution < 1.29 is 24.3 Å². The fourth-order valence-corrected chi connectivity index (χ4v) is 4.14. The fraction of sp³-hybridized carbons (Fsp3) is 0.0370. The molecule has 8 heteroatoms. The third kappa shape index (κ3) is 4.02. The number of rotatable bonds is 6. The molecule has 0 aliphatic rings. The van der Waals surface area contributed by atoms with E-state index in [1.54, 1.807) is 78.9 Å². The number of ether oxygens (including phenoxy) is 1. The molecule has 0 aliphatic carbocycles. The molecular formula is C27H19ClN2O5. The highest BCUT2D eigenvalue weighted by molar-refractivity contribution is 6.31. The minimum absolute atomic E-state index is 0.0458. The molecule has 174 valence electrons. The van der Waals surface area contributed by atoms with Crippen molar-refractivity contribution in [1.29, 1.82) is 0 Å². The third-order valence-electron chi connectivity index (χ3n) is 5.66. The van der Waals surface area contributed by atoms with E-state index in [1.165, 1.54) is 17.9 Å². The molecule has 0 amide bonds. The first-order chi connectivity index (χ1) is 17.0. The van der Waals surface area contributed by atoms with Crippen LogP contribution in [0.1, 0.15) is 15.9 Å². The summed E-state index contributed by atoms with van der Waals surface area (Å²) in [5, 5.41) is 26.3. The van der Waals surface area contributed by atoms with Gasteiger partial charge in [-0.1, -0.05) is 41.0 Å². The minimum Gasteiger partial charge on any atom is -0.503 e. The molecule has 5 aromatic rings. The lowest BCUT2D eigenvalue weighted by molar-refractivity contribution is 0.103. The molecule has 7 nitrogen and oxygen atoms in total. The maximum atomic E-state index is 13.6. The average molecular weight is 487 g/mol. The number of hydrogen-bond donors (Lipinski definition) is 2. The van der Waals surface area contributed by atoms with Crippen LogP contribution in [0.3, 0.4) is 0 Å². The van der Waals surface area contributed by atoms with Gasteiger partial charge in [0.1, 0.15) is 17.7 Å².